The highest BCUT2D eigenvalue weighted by atomic mass is 19.1. The SMILES string of the molecule is COc1ccc2c(c1)CCC(c1ccc(F)c(OC)c1)=C2C(O)c1ccc(OCCN2CCCCC2)cc1. The Balaban J connectivity index is 1.43. The number of aliphatic hydroxyl groups excluding tert-OH is 1. The van der Waals surface area contributed by atoms with Crippen molar-refractivity contribution in [3.63, 3.8) is 0 Å². The Bertz CT molecular complexity index is 1280. The second-order valence-electron chi connectivity index (χ2n) is 9.99. The molecule has 3 aromatic rings. The van der Waals surface area contributed by atoms with Gasteiger partial charge in [-0.1, -0.05) is 30.7 Å². The molecular formula is C32H36FNO4. The van der Waals surface area contributed by atoms with Crippen molar-refractivity contribution < 1.29 is 23.7 Å². The first kappa shape index (κ1) is 26.3. The molecule has 0 bridgehead atoms. The molecule has 1 saturated heterocycles. The summed E-state index contributed by atoms with van der Waals surface area (Å²) in [4.78, 5) is 2.45. The summed E-state index contributed by atoms with van der Waals surface area (Å²) in [5, 5.41) is 11.7. The first-order valence-electron chi connectivity index (χ1n) is 13.4. The third kappa shape index (κ3) is 5.71. The molecular weight excluding hydrogens is 481 g/mol. The second-order valence-corrected chi connectivity index (χ2v) is 9.99. The molecule has 0 saturated carbocycles. The molecule has 38 heavy (non-hydrogen) atoms. The van der Waals surface area contributed by atoms with Crippen molar-refractivity contribution >= 4 is 11.1 Å². The lowest BCUT2D eigenvalue weighted by Crippen LogP contribution is -2.33. The minimum Gasteiger partial charge on any atom is -0.497 e. The van der Waals surface area contributed by atoms with Crippen molar-refractivity contribution in [2.75, 3.05) is 40.5 Å². The number of ether oxygens (including phenoxy) is 3. The van der Waals surface area contributed by atoms with Crippen LogP contribution in [0.1, 0.15) is 54.0 Å². The maximum Gasteiger partial charge on any atom is 0.165 e. The van der Waals surface area contributed by atoms with Gasteiger partial charge >= 0.3 is 0 Å². The van der Waals surface area contributed by atoms with E-state index in [0.29, 0.717) is 13.0 Å². The number of methoxy groups -OCH3 is 2. The Morgan fingerprint density at radius 3 is 2.37 bits per heavy atom. The van der Waals surface area contributed by atoms with Gasteiger partial charge in [0.05, 0.1) is 14.2 Å². The highest BCUT2D eigenvalue weighted by molar-refractivity contribution is 5.95. The fraction of sp³-hybridized carbons (Fsp3) is 0.375. The van der Waals surface area contributed by atoms with Crippen LogP contribution in [0.15, 0.2) is 60.7 Å². The number of hydrogen-bond donors (Lipinski definition) is 1. The predicted molar refractivity (Wildman–Crippen MR) is 148 cm³/mol. The highest BCUT2D eigenvalue weighted by Gasteiger charge is 2.27. The number of rotatable bonds is 9. The largest absolute Gasteiger partial charge is 0.497 e. The fourth-order valence-corrected chi connectivity index (χ4v) is 5.57. The van der Waals surface area contributed by atoms with Crippen molar-refractivity contribution in [3.05, 3.63) is 88.7 Å². The average molecular weight is 518 g/mol. The monoisotopic (exact) mass is 517 g/mol. The van der Waals surface area contributed by atoms with Gasteiger partial charge in [0, 0.05) is 6.54 Å². The smallest absolute Gasteiger partial charge is 0.165 e. The van der Waals surface area contributed by atoms with Gasteiger partial charge in [0.15, 0.2) is 11.6 Å². The standard InChI is InChI=1S/C32H36FNO4/c1-36-26-12-14-28-23(20-26)8-13-27(24-9-15-29(33)30(21-24)37-2)31(28)32(35)22-6-10-25(11-7-22)38-19-18-34-16-4-3-5-17-34/h6-7,9-12,14-15,20-21,32,35H,3-5,8,13,16-19H2,1-2H3. The molecule has 1 aliphatic heterocycles. The lowest BCUT2D eigenvalue weighted by molar-refractivity contribution is 0.183. The molecule has 5 rings (SSSR count). The summed E-state index contributed by atoms with van der Waals surface area (Å²) in [6, 6.07) is 18.5. The molecule has 1 atom stereocenters. The van der Waals surface area contributed by atoms with E-state index >= 15 is 0 Å². The average Bonchev–Trinajstić information content (AvgIpc) is 2.97. The van der Waals surface area contributed by atoms with E-state index in [0.717, 1.165) is 71.0 Å². The number of aryl methyl sites for hydroxylation is 1. The van der Waals surface area contributed by atoms with Crippen LogP contribution in [0.5, 0.6) is 17.2 Å². The summed E-state index contributed by atoms with van der Waals surface area (Å²) in [5.41, 5.74) is 5.52. The summed E-state index contributed by atoms with van der Waals surface area (Å²) in [6.45, 7) is 3.89. The zero-order valence-corrected chi connectivity index (χ0v) is 22.2. The number of piperidine rings is 1. The lowest BCUT2D eigenvalue weighted by atomic mass is 9.79. The van der Waals surface area contributed by atoms with E-state index in [2.05, 4.69) is 4.90 Å². The quantitative estimate of drug-likeness (QED) is 0.361. The van der Waals surface area contributed by atoms with Gasteiger partial charge in [0.2, 0.25) is 0 Å². The number of nitrogens with zero attached hydrogens (tertiary/aromatic N) is 1. The van der Waals surface area contributed by atoms with Crippen LogP contribution in [0.25, 0.3) is 11.1 Å². The molecule has 200 valence electrons. The van der Waals surface area contributed by atoms with E-state index in [1.54, 1.807) is 19.2 Å². The molecule has 1 heterocycles. The number of likely N-dealkylation sites (tertiary alicyclic amines) is 1. The lowest BCUT2D eigenvalue weighted by Gasteiger charge is -2.28. The maximum absolute atomic E-state index is 14.2. The third-order valence-corrected chi connectivity index (χ3v) is 7.67. The summed E-state index contributed by atoms with van der Waals surface area (Å²) >= 11 is 0. The molecule has 6 heteroatoms. The number of halogens is 1. The molecule has 0 amide bonds. The highest BCUT2D eigenvalue weighted by Crippen LogP contribution is 2.45. The van der Waals surface area contributed by atoms with Crippen LogP contribution in [0, 0.1) is 5.82 Å². The topological polar surface area (TPSA) is 51.2 Å². The van der Waals surface area contributed by atoms with Gasteiger partial charge in [0.25, 0.3) is 0 Å². The molecule has 0 spiro atoms. The summed E-state index contributed by atoms with van der Waals surface area (Å²) in [7, 11) is 3.12. The summed E-state index contributed by atoms with van der Waals surface area (Å²) in [5.74, 6) is 1.37. The number of aliphatic hydroxyl groups is 1. The van der Waals surface area contributed by atoms with Gasteiger partial charge in [0.1, 0.15) is 24.2 Å². The van der Waals surface area contributed by atoms with Crippen LogP contribution in [0.2, 0.25) is 0 Å². The molecule has 1 fully saturated rings. The van der Waals surface area contributed by atoms with Crippen LogP contribution >= 0.6 is 0 Å². The summed E-state index contributed by atoms with van der Waals surface area (Å²) < 4.78 is 30.9. The minimum atomic E-state index is -0.865. The van der Waals surface area contributed by atoms with Crippen molar-refractivity contribution in [3.8, 4) is 17.2 Å². The Kier molecular flexibility index (Phi) is 8.30. The molecule has 1 N–H and O–H groups in total. The second kappa shape index (κ2) is 12.0. The molecule has 1 aliphatic carbocycles. The van der Waals surface area contributed by atoms with E-state index in [1.807, 2.05) is 42.5 Å². The normalized spacial score (nSPS) is 16.6. The van der Waals surface area contributed by atoms with Crippen molar-refractivity contribution in [2.45, 2.75) is 38.2 Å². The van der Waals surface area contributed by atoms with Crippen LogP contribution in [-0.4, -0.2) is 50.5 Å². The first-order chi connectivity index (χ1) is 18.6. The van der Waals surface area contributed by atoms with E-state index in [4.69, 9.17) is 14.2 Å². The van der Waals surface area contributed by atoms with Gasteiger partial charge < -0.3 is 19.3 Å². The van der Waals surface area contributed by atoms with Crippen LogP contribution in [-0.2, 0) is 6.42 Å². The number of hydrogen-bond acceptors (Lipinski definition) is 5. The maximum atomic E-state index is 14.2. The number of allylic oxidation sites excluding steroid dienone is 1. The Morgan fingerprint density at radius 2 is 1.63 bits per heavy atom. The molecule has 0 radical (unpaired) electrons. The fourth-order valence-electron chi connectivity index (χ4n) is 5.57. The van der Waals surface area contributed by atoms with E-state index in [-0.39, 0.29) is 5.75 Å². The predicted octanol–water partition coefficient (Wildman–Crippen LogP) is 6.30. The van der Waals surface area contributed by atoms with Crippen LogP contribution in [0.3, 0.4) is 0 Å². The molecule has 1 unspecified atom stereocenters. The molecule has 0 aromatic heterocycles. The van der Waals surface area contributed by atoms with E-state index in [9.17, 15) is 9.50 Å². The molecule has 2 aliphatic rings. The zero-order valence-electron chi connectivity index (χ0n) is 22.2. The molecule has 3 aromatic carbocycles. The molecule has 5 nitrogen and oxygen atoms in total. The number of benzene rings is 3. The first-order valence-corrected chi connectivity index (χ1v) is 13.4. The third-order valence-electron chi connectivity index (χ3n) is 7.67. The van der Waals surface area contributed by atoms with E-state index in [1.165, 1.54) is 32.4 Å². The Hall–Kier alpha value is -3.35. The van der Waals surface area contributed by atoms with Gasteiger partial charge in [-0.25, -0.2) is 4.39 Å². The van der Waals surface area contributed by atoms with Crippen molar-refractivity contribution in [1.82, 2.24) is 4.90 Å². The van der Waals surface area contributed by atoms with Gasteiger partial charge in [-0.2, -0.15) is 0 Å². The Morgan fingerprint density at radius 1 is 0.868 bits per heavy atom. The van der Waals surface area contributed by atoms with Crippen LogP contribution in [0.4, 0.5) is 4.39 Å². The van der Waals surface area contributed by atoms with Gasteiger partial charge in [-0.05, 0) is 109 Å². The number of fused-ring (bicyclic) bond motifs is 1. The van der Waals surface area contributed by atoms with Gasteiger partial charge in [-0.15, -0.1) is 0 Å². The van der Waals surface area contributed by atoms with Crippen molar-refractivity contribution in [1.29, 1.82) is 0 Å². The van der Waals surface area contributed by atoms with Crippen LogP contribution < -0.4 is 14.2 Å². The van der Waals surface area contributed by atoms with Gasteiger partial charge in [-0.3, -0.25) is 4.90 Å². The summed E-state index contributed by atoms with van der Waals surface area (Å²) in [6.07, 6.45) is 4.50. The van der Waals surface area contributed by atoms with E-state index < -0.39 is 11.9 Å². The Labute approximate surface area is 224 Å². The van der Waals surface area contributed by atoms with Crippen molar-refractivity contribution in [2.24, 2.45) is 0 Å². The zero-order chi connectivity index (χ0) is 26.5. The minimum absolute atomic E-state index is 0.190.